The van der Waals surface area contributed by atoms with E-state index in [0.717, 1.165) is 10.0 Å². The SMILES string of the molecule is Cc1ccc(-n2c(=O)c(C(=O)O)cc3ccc(Br)cc32)cc1. The number of carboxylic acids is 1. The van der Waals surface area contributed by atoms with E-state index in [1.807, 2.05) is 43.3 Å². The van der Waals surface area contributed by atoms with Gasteiger partial charge in [0.25, 0.3) is 5.56 Å². The molecule has 2 aromatic carbocycles. The molecule has 0 amide bonds. The molecule has 4 nitrogen and oxygen atoms in total. The van der Waals surface area contributed by atoms with Crippen LogP contribution in [0.15, 0.2) is 57.8 Å². The summed E-state index contributed by atoms with van der Waals surface area (Å²) in [6, 6.07) is 14.2. The lowest BCUT2D eigenvalue weighted by Crippen LogP contribution is -2.25. The Morgan fingerprint density at radius 1 is 1.09 bits per heavy atom. The Morgan fingerprint density at radius 2 is 1.77 bits per heavy atom. The van der Waals surface area contributed by atoms with E-state index >= 15 is 0 Å². The first-order valence-corrected chi connectivity index (χ1v) is 7.42. The minimum Gasteiger partial charge on any atom is -0.477 e. The van der Waals surface area contributed by atoms with Gasteiger partial charge in [0.1, 0.15) is 5.56 Å². The average Bonchev–Trinajstić information content (AvgIpc) is 2.48. The Bertz CT molecular complexity index is 943. The Kier molecular flexibility index (Phi) is 3.58. The summed E-state index contributed by atoms with van der Waals surface area (Å²) in [6.45, 7) is 1.95. The minimum atomic E-state index is -1.23. The van der Waals surface area contributed by atoms with Gasteiger partial charge in [0.15, 0.2) is 0 Å². The fourth-order valence-corrected chi connectivity index (χ4v) is 2.73. The maximum absolute atomic E-state index is 12.6. The molecule has 0 atom stereocenters. The van der Waals surface area contributed by atoms with Crippen LogP contribution in [0, 0.1) is 6.92 Å². The second kappa shape index (κ2) is 5.42. The number of hydrogen-bond acceptors (Lipinski definition) is 2. The molecule has 0 saturated heterocycles. The van der Waals surface area contributed by atoms with Crippen molar-refractivity contribution >= 4 is 32.8 Å². The molecule has 22 heavy (non-hydrogen) atoms. The van der Waals surface area contributed by atoms with Gasteiger partial charge in [-0.15, -0.1) is 0 Å². The molecule has 1 N–H and O–H groups in total. The number of aromatic carboxylic acids is 1. The summed E-state index contributed by atoms with van der Waals surface area (Å²) in [5.41, 5.74) is 1.59. The van der Waals surface area contributed by atoms with Crippen LogP contribution in [0.4, 0.5) is 0 Å². The molecule has 3 rings (SSSR count). The van der Waals surface area contributed by atoms with Crippen LogP contribution in [0.25, 0.3) is 16.6 Å². The molecule has 110 valence electrons. The third-order valence-electron chi connectivity index (χ3n) is 3.49. The number of fused-ring (bicyclic) bond motifs is 1. The van der Waals surface area contributed by atoms with E-state index in [4.69, 9.17) is 0 Å². The van der Waals surface area contributed by atoms with E-state index in [1.54, 1.807) is 6.07 Å². The van der Waals surface area contributed by atoms with Crippen LogP contribution >= 0.6 is 15.9 Å². The molecule has 1 heterocycles. The largest absolute Gasteiger partial charge is 0.477 e. The van der Waals surface area contributed by atoms with Crippen molar-refractivity contribution < 1.29 is 9.90 Å². The third-order valence-corrected chi connectivity index (χ3v) is 3.98. The van der Waals surface area contributed by atoms with E-state index in [9.17, 15) is 14.7 Å². The fourth-order valence-electron chi connectivity index (χ4n) is 2.38. The fraction of sp³-hybridized carbons (Fsp3) is 0.0588. The van der Waals surface area contributed by atoms with Gasteiger partial charge in [-0.25, -0.2) is 4.79 Å². The second-order valence-corrected chi connectivity index (χ2v) is 5.96. The van der Waals surface area contributed by atoms with E-state index in [1.165, 1.54) is 10.6 Å². The van der Waals surface area contributed by atoms with E-state index in [2.05, 4.69) is 15.9 Å². The van der Waals surface area contributed by atoms with Crippen molar-refractivity contribution in [3.05, 3.63) is 74.5 Å². The molecule has 0 unspecified atom stereocenters. The van der Waals surface area contributed by atoms with Crippen molar-refractivity contribution in [2.24, 2.45) is 0 Å². The zero-order valence-electron chi connectivity index (χ0n) is 11.7. The summed E-state index contributed by atoms with van der Waals surface area (Å²) < 4.78 is 2.26. The van der Waals surface area contributed by atoms with Gasteiger partial charge in [-0.3, -0.25) is 9.36 Å². The highest BCUT2D eigenvalue weighted by molar-refractivity contribution is 9.10. The summed E-state index contributed by atoms with van der Waals surface area (Å²) in [5, 5.41) is 9.97. The van der Waals surface area contributed by atoms with Crippen molar-refractivity contribution in [1.82, 2.24) is 4.57 Å². The number of aryl methyl sites for hydroxylation is 1. The highest BCUT2D eigenvalue weighted by Crippen LogP contribution is 2.22. The second-order valence-electron chi connectivity index (χ2n) is 5.04. The molecule has 0 bridgehead atoms. The van der Waals surface area contributed by atoms with Crippen LogP contribution in [-0.4, -0.2) is 15.6 Å². The van der Waals surface area contributed by atoms with Crippen molar-refractivity contribution in [2.75, 3.05) is 0 Å². The van der Waals surface area contributed by atoms with Crippen molar-refractivity contribution in [3.63, 3.8) is 0 Å². The molecule has 3 aromatic rings. The first kappa shape index (κ1) is 14.5. The molecule has 0 fully saturated rings. The number of rotatable bonds is 2. The molecule has 0 aliphatic heterocycles. The average molecular weight is 358 g/mol. The summed E-state index contributed by atoms with van der Waals surface area (Å²) in [5.74, 6) is -1.23. The maximum atomic E-state index is 12.6. The van der Waals surface area contributed by atoms with Gasteiger partial charge in [-0.05, 0) is 42.6 Å². The number of benzene rings is 2. The van der Waals surface area contributed by atoms with Gasteiger partial charge in [0.05, 0.1) is 5.52 Å². The molecule has 1 aromatic heterocycles. The normalized spacial score (nSPS) is 10.8. The number of pyridine rings is 1. The first-order valence-electron chi connectivity index (χ1n) is 6.63. The predicted octanol–water partition coefficient (Wildman–Crippen LogP) is 3.76. The Labute approximate surface area is 134 Å². The van der Waals surface area contributed by atoms with Gasteiger partial charge >= 0.3 is 5.97 Å². The smallest absolute Gasteiger partial charge is 0.341 e. The quantitative estimate of drug-likeness (QED) is 0.759. The molecule has 0 aliphatic rings. The lowest BCUT2D eigenvalue weighted by molar-refractivity contribution is 0.0695. The zero-order valence-corrected chi connectivity index (χ0v) is 13.3. The molecule has 0 radical (unpaired) electrons. The third kappa shape index (κ3) is 2.44. The number of carbonyl (C=O) groups is 1. The number of nitrogens with zero attached hydrogens (tertiary/aromatic N) is 1. The Balaban J connectivity index is 2.46. The first-order chi connectivity index (χ1) is 10.5. The zero-order chi connectivity index (χ0) is 15.9. The molecule has 0 aliphatic carbocycles. The van der Waals surface area contributed by atoms with Gasteiger partial charge in [-0.2, -0.15) is 0 Å². The van der Waals surface area contributed by atoms with Gasteiger partial charge < -0.3 is 5.11 Å². The summed E-state index contributed by atoms with van der Waals surface area (Å²) in [4.78, 5) is 23.9. The summed E-state index contributed by atoms with van der Waals surface area (Å²) in [7, 11) is 0. The van der Waals surface area contributed by atoms with Crippen LogP contribution in [0.2, 0.25) is 0 Å². The van der Waals surface area contributed by atoms with Crippen molar-refractivity contribution in [3.8, 4) is 5.69 Å². The van der Waals surface area contributed by atoms with Crippen LogP contribution in [0.3, 0.4) is 0 Å². The van der Waals surface area contributed by atoms with Crippen LogP contribution in [-0.2, 0) is 0 Å². The maximum Gasteiger partial charge on any atom is 0.341 e. The highest BCUT2D eigenvalue weighted by Gasteiger charge is 2.16. The van der Waals surface area contributed by atoms with Crippen LogP contribution in [0.1, 0.15) is 15.9 Å². The number of aromatic nitrogens is 1. The number of carboxylic acid groups (broad SMARTS) is 1. The van der Waals surface area contributed by atoms with E-state index < -0.39 is 11.5 Å². The number of hydrogen-bond donors (Lipinski definition) is 1. The molecule has 0 spiro atoms. The van der Waals surface area contributed by atoms with Crippen LogP contribution in [0.5, 0.6) is 0 Å². The molecular weight excluding hydrogens is 346 g/mol. The summed E-state index contributed by atoms with van der Waals surface area (Å²) >= 11 is 3.39. The monoisotopic (exact) mass is 357 g/mol. The molecular formula is C17H12BrNO3. The minimum absolute atomic E-state index is 0.240. The Morgan fingerprint density at radius 3 is 2.41 bits per heavy atom. The van der Waals surface area contributed by atoms with Crippen molar-refractivity contribution in [1.29, 1.82) is 0 Å². The highest BCUT2D eigenvalue weighted by atomic mass is 79.9. The topological polar surface area (TPSA) is 59.3 Å². The summed E-state index contributed by atoms with van der Waals surface area (Å²) in [6.07, 6.45) is 0. The lowest BCUT2D eigenvalue weighted by atomic mass is 10.1. The molecule has 5 heteroatoms. The van der Waals surface area contributed by atoms with Gasteiger partial charge in [0, 0.05) is 10.2 Å². The van der Waals surface area contributed by atoms with Gasteiger partial charge in [0.2, 0.25) is 0 Å². The Hall–Kier alpha value is -2.40. The number of halogens is 1. The predicted molar refractivity (Wildman–Crippen MR) is 88.9 cm³/mol. The van der Waals surface area contributed by atoms with E-state index in [0.29, 0.717) is 16.6 Å². The molecule has 0 saturated carbocycles. The van der Waals surface area contributed by atoms with Crippen LogP contribution < -0.4 is 5.56 Å². The van der Waals surface area contributed by atoms with E-state index in [-0.39, 0.29) is 5.56 Å². The lowest BCUT2D eigenvalue weighted by Gasteiger charge is -2.12. The standard InChI is InChI=1S/C17H12BrNO3/c1-10-2-6-13(7-3-10)19-15-9-12(18)5-4-11(15)8-14(16(19)20)17(21)22/h2-9H,1H3,(H,21,22). The van der Waals surface area contributed by atoms with Crippen molar-refractivity contribution in [2.45, 2.75) is 6.92 Å². The van der Waals surface area contributed by atoms with Gasteiger partial charge in [-0.1, -0.05) is 39.7 Å².